The molecule has 1 aliphatic rings. The van der Waals surface area contributed by atoms with Crippen LogP contribution in [0.3, 0.4) is 0 Å². The molecule has 0 heterocycles. The van der Waals surface area contributed by atoms with Gasteiger partial charge in [-0.05, 0) is 18.8 Å². The first kappa shape index (κ1) is 8.91. The summed E-state index contributed by atoms with van der Waals surface area (Å²) in [7, 11) is 0. The maximum Gasteiger partial charge on any atom is 0.238 e. The van der Waals surface area contributed by atoms with Crippen LogP contribution in [0.1, 0.15) is 32.1 Å². The van der Waals surface area contributed by atoms with Crippen LogP contribution in [-0.2, 0) is 0 Å². The Balaban J connectivity index is 2.23. The molecule has 1 saturated carbocycles. The van der Waals surface area contributed by atoms with Crippen LogP contribution in [0.25, 0.3) is 0 Å². The van der Waals surface area contributed by atoms with Gasteiger partial charge in [0.2, 0.25) is 6.43 Å². The third-order valence-electron chi connectivity index (χ3n) is 2.33. The standard InChI is InChI=1S/C8H15F2N/c9-8(10)5-6-2-1-3-7(11)4-6/h6-8H,1-5,11H2. The third-order valence-corrected chi connectivity index (χ3v) is 2.33. The van der Waals surface area contributed by atoms with Gasteiger partial charge < -0.3 is 5.73 Å². The van der Waals surface area contributed by atoms with E-state index >= 15 is 0 Å². The van der Waals surface area contributed by atoms with E-state index in [0.717, 1.165) is 25.7 Å². The highest BCUT2D eigenvalue weighted by molar-refractivity contribution is 4.75. The molecule has 11 heavy (non-hydrogen) atoms. The van der Waals surface area contributed by atoms with Crippen molar-refractivity contribution in [2.75, 3.05) is 0 Å². The summed E-state index contributed by atoms with van der Waals surface area (Å²) in [6.07, 6.45) is 1.68. The Morgan fingerprint density at radius 2 is 2.09 bits per heavy atom. The first-order chi connectivity index (χ1) is 5.18. The predicted molar refractivity (Wildman–Crippen MR) is 40.6 cm³/mol. The van der Waals surface area contributed by atoms with Gasteiger partial charge in [0.05, 0.1) is 0 Å². The van der Waals surface area contributed by atoms with E-state index in [0.29, 0.717) is 0 Å². The molecule has 0 aliphatic heterocycles. The summed E-state index contributed by atoms with van der Waals surface area (Å²) >= 11 is 0. The first-order valence-corrected chi connectivity index (χ1v) is 4.22. The fourth-order valence-corrected chi connectivity index (χ4v) is 1.80. The SMILES string of the molecule is NC1CCCC(CC(F)F)C1. The highest BCUT2D eigenvalue weighted by Gasteiger charge is 2.21. The predicted octanol–water partition coefficient (Wildman–Crippen LogP) is 2.16. The Labute approximate surface area is 66.0 Å². The number of nitrogens with two attached hydrogens (primary N) is 1. The van der Waals surface area contributed by atoms with Crippen molar-refractivity contribution >= 4 is 0 Å². The average molecular weight is 163 g/mol. The minimum Gasteiger partial charge on any atom is -0.328 e. The monoisotopic (exact) mass is 163 g/mol. The Hall–Kier alpha value is -0.180. The highest BCUT2D eigenvalue weighted by atomic mass is 19.3. The maximum absolute atomic E-state index is 11.9. The number of alkyl halides is 2. The van der Waals surface area contributed by atoms with Crippen molar-refractivity contribution in [1.82, 2.24) is 0 Å². The molecule has 1 rings (SSSR count). The van der Waals surface area contributed by atoms with Crippen molar-refractivity contribution in [2.24, 2.45) is 11.7 Å². The van der Waals surface area contributed by atoms with Crippen molar-refractivity contribution in [3.05, 3.63) is 0 Å². The molecule has 3 heteroatoms. The molecule has 2 unspecified atom stereocenters. The quantitative estimate of drug-likeness (QED) is 0.663. The number of rotatable bonds is 2. The van der Waals surface area contributed by atoms with Gasteiger partial charge in [0.25, 0.3) is 0 Å². The van der Waals surface area contributed by atoms with E-state index in [9.17, 15) is 8.78 Å². The Morgan fingerprint density at radius 1 is 1.36 bits per heavy atom. The molecule has 2 N–H and O–H groups in total. The molecule has 66 valence electrons. The number of hydrogen-bond donors (Lipinski definition) is 1. The van der Waals surface area contributed by atoms with Crippen molar-refractivity contribution in [3.8, 4) is 0 Å². The van der Waals surface area contributed by atoms with E-state index < -0.39 is 6.43 Å². The molecule has 1 nitrogen and oxygen atoms in total. The topological polar surface area (TPSA) is 26.0 Å². The van der Waals surface area contributed by atoms with E-state index in [1.807, 2.05) is 0 Å². The lowest BCUT2D eigenvalue weighted by Gasteiger charge is -2.25. The van der Waals surface area contributed by atoms with Crippen LogP contribution in [0.5, 0.6) is 0 Å². The lowest BCUT2D eigenvalue weighted by molar-refractivity contribution is 0.101. The summed E-state index contributed by atoms with van der Waals surface area (Å²) in [5.41, 5.74) is 5.66. The Kier molecular flexibility index (Phi) is 3.24. The normalized spacial score (nSPS) is 32.7. The van der Waals surface area contributed by atoms with Crippen molar-refractivity contribution in [2.45, 2.75) is 44.6 Å². The summed E-state index contributed by atoms with van der Waals surface area (Å²) in [5.74, 6) is 0.179. The lowest BCUT2D eigenvalue weighted by Crippen LogP contribution is -2.28. The number of hydrogen-bond acceptors (Lipinski definition) is 1. The molecule has 2 atom stereocenters. The summed E-state index contributed by atoms with van der Waals surface area (Å²) in [6, 6.07) is 0.174. The minimum absolute atomic E-state index is 0.0493. The molecule has 0 amide bonds. The summed E-state index contributed by atoms with van der Waals surface area (Å²) < 4.78 is 23.8. The van der Waals surface area contributed by atoms with Crippen molar-refractivity contribution in [3.63, 3.8) is 0 Å². The molecule has 0 aromatic carbocycles. The average Bonchev–Trinajstić information content (AvgIpc) is 1.85. The van der Waals surface area contributed by atoms with Crippen molar-refractivity contribution in [1.29, 1.82) is 0 Å². The second-order valence-corrected chi connectivity index (χ2v) is 3.42. The van der Waals surface area contributed by atoms with Gasteiger partial charge in [0.15, 0.2) is 0 Å². The van der Waals surface area contributed by atoms with Gasteiger partial charge in [-0.1, -0.05) is 12.8 Å². The fraction of sp³-hybridized carbons (Fsp3) is 1.00. The first-order valence-electron chi connectivity index (χ1n) is 4.22. The highest BCUT2D eigenvalue weighted by Crippen LogP contribution is 2.27. The summed E-state index contributed by atoms with van der Waals surface area (Å²) in [6.45, 7) is 0. The van der Waals surface area contributed by atoms with E-state index in [1.54, 1.807) is 0 Å². The van der Waals surface area contributed by atoms with Gasteiger partial charge in [-0.2, -0.15) is 0 Å². The molecule has 1 aliphatic carbocycles. The van der Waals surface area contributed by atoms with Crippen LogP contribution in [0.15, 0.2) is 0 Å². The molecule has 0 spiro atoms. The van der Waals surface area contributed by atoms with E-state index in [4.69, 9.17) is 5.73 Å². The van der Waals surface area contributed by atoms with Gasteiger partial charge >= 0.3 is 0 Å². The molecule has 1 fully saturated rings. The largest absolute Gasteiger partial charge is 0.328 e. The Bertz CT molecular complexity index is 115. The van der Waals surface area contributed by atoms with Gasteiger partial charge in [-0.25, -0.2) is 8.78 Å². The number of halogens is 2. The molecule has 0 saturated heterocycles. The van der Waals surface area contributed by atoms with Crippen LogP contribution >= 0.6 is 0 Å². The zero-order valence-electron chi connectivity index (χ0n) is 6.60. The molecular weight excluding hydrogens is 148 g/mol. The van der Waals surface area contributed by atoms with Gasteiger partial charge in [0.1, 0.15) is 0 Å². The second-order valence-electron chi connectivity index (χ2n) is 3.42. The van der Waals surface area contributed by atoms with E-state index in [1.165, 1.54) is 0 Å². The second kappa shape index (κ2) is 4.00. The van der Waals surface area contributed by atoms with Gasteiger partial charge in [-0.3, -0.25) is 0 Å². The van der Waals surface area contributed by atoms with Gasteiger partial charge in [0, 0.05) is 12.5 Å². The summed E-state index contributed by atoms with van der Waals surface area (Å²) in [5, 5.41) is 0. The van der Waals surface area contributed by atoms with E-state index in [2.05, 4.69) is 0 Å². The zero-order valence-corrected chi connectivity index (χ0v) is 6.60. The van der Waals surface area contributed by atoms with Crippen LogP contribution < -0.4 is 5.73 Å². The zero-order chi connectivity index (χ0) is 8.27. The van der Waals surface area contributed by atoms with Crippen LogP contribution in [0, 0.1) is 5.92 Å². The smallest absolute Gasteiger partial charge is 0.238 e. The minimum atomic E-state index is -2.15. The van der Waals surface area contributed by atoms with Crippen LogP contribution in [-0.4, -0.2) is 12.5 Å². The molecule has 0 radical (unpaired) electrons. The van der Waals surface area contributed by atoms with E-state index in [-0.39, 0.29) is 18.4 Å². The fourth-order valence-electron chi connectivity index (χ4n) is 1.80. The van der Waals surface area contributed by atoms with Crippen molar-refractivity contribution < 1.29 is 8.78 Å². The molecule has 0 aromatic heterocycles. The molecule has 0 aromatic rings. The maximum atomic E-state index is 11.9. The van der Waals surface area contributed by atoms with Crippen LogP contribution in [0.2, 0.25) is 0 Å². The van der Waals surface area contributed by atoms with Crippen LogP contribution in [0.4, 0.5) is 8.78 Å². The summed E-state index contributed by atoms with van der Waals surface area (Å²) in [4.78, 5) is 0. The molecule has 0 bridgehead atoms. The third kappa shape index (κ3) is 3.14. The van der Waals surface area contributed by atoms with Gasteiger partial charge in [-0.15, -0.1) is 0 Å². The molecular formula is C8H15F2N. The Morgan fingerprint density at radius 3 is 2.64 bits per heavy atom. The lowest BCUT2D eigenvalue weighted by atomic mass is 9.84.